The van der Waals surface area contributed by atoms with Crippen LogP contribution in [0.4, 0.5) is 5.69 Å². The van der Waals surface area contributed by atoms with Crippen LogP contribution in [0.15, 0.2) is 12.1 Å². The topological polar surface area (TPSA) is 55.4 Å². The Balaban J connectivity index is 3.27. The zero-order valence-corrected chi connectivity index (χ0v) is 10.6. The van der Waals surface area contributed by atoms with Gasteiger partial charge in [-0.15, -0.1) is 0 Å². The van der Waals surface area contributed by atoms with E-state index in [0.717, 1.165) is 5.56 Å². The molecule has 1 aromatic rings. The lowest BCUT2D eigenvalue weighted by Gasteiger charge is -2.14. The van der Waals surface area contributed by atoms with Crippen LogP contribution in [0, 0.1) is 6.92 Å². The lowest BCUT2D eigenvalue weighted by molar-refractivity contribution is -0.115. The second-order valence-electron chi connectivity index (χ2n) is 3.77. The molecule has 0 fully saturated rings. The molecular formula is C13H17NO3. The first-order valence-electron chi connectivity index (χ1n) is 5.49. The molecule has 0 radical (unpaired) electrons. The quantitative estimate of drug-likeness (QED) is 0.816. The number of ketones is 1. The van der Waals surface area contributed by atoms with Crippen LogP contribution < -0.4 is 10.1 Å². The van der Waals surface area contributed by atoms with Crippen molar-refractivity contribution in [2.75, 3.05) is 12.4 Å². The summed E-state index contributed by atoms with van der Waals surface area (Å²) in [4.78, 5) is 22.9. The predicted molar refractivity (Wildman–Crippen MR) is 66.7 cm³/mol. The zero-order chi connectivity index (χ0) is 13.0. The fraction of sp³-hybridized carbons (Fsp3) is 0.385. The number of benzene rings is 1. The average Bonchev–Trinajstić information content (AvgIpc) is 2.30. The van der Waals surface area contributed by atoms with Crippen molar-refractivity contribution in [3.05, 3.63) is 23.3 Å². The lowest BCUT2D eigenvalue weighted by atomic mass is 10.0. The van der Waals surface area contributed by atoms with Gasteiger partial charge in [-0.3, -0.25) is 9.59 Å². The van der Waals surface area contributed by atoms with Crippen molar-refractivity contribution in [3.63, 3.8) is 0 Å². The van der Waals surface area contributed by atoms with Gasteiger partial charge in [-0.05, 0) is 31.5 Å². The van der Waals surface area contributed by atoms with Crippen molar-refractivity contribution in [3.8, 4) is 5.75 Å². The van der Waals surface area contributed by atoms with Gasteiger partial charge in [-0.25, -0.2) is 0 Å². The smallest absolute Gasteiger partial charge is 0.224 e. The fourth-order valence-corrected chi connectivity index (χ4v) is 1.62. The van der Waals surface area contributed by atoms with E-state index in [0.29, 0.717) is 23.4 Å². The Morgan fingerprint density at radius 2 is 2.00 bits per heavy atom. The molecule has 0 aliphatic rings. The van der Waals surface area contributed by atoms with E-state index in [1.807, 2.05) is 0 Å². The van der Waals surface area contributed by atoms with E-state index in [-0.39, 0.29) is 11.7 Å². The van der Waals surface area contributed by atoms with Crippen LogP contribution in [0.1, 0.15) is 36.2 Å². The summed E-state index contributed by atoms with van der Waals surface area (Å²) in [5.41, 5.74) is 1.91. The number of carbonyl (C=O) groups excluding carboxylic acids is 2. The van der Waals surface area contributed by atoms with Gasteiger partial charge in [0.05, 0.1) is 12.8 Å². The largest absolute Gasteiger partial charge is 0.495 e. The minimum absolute atomic E-state index is 0.0304. The van der Waals surface area contributed by atoms with E-state index in [1.165, 1.54) is 14.0 Å². The van der Waals surface area contributed by atoms with Gasteiger partial charge in [0.2, 0.25) is 5.91 Å². The summed E-state index contributed by atoms with van der Waals surface area (Å²) < 4.78 is 5.18. The molecule has 1 rings (SSSR count). The number of carbonyl (C=O) groups is 2. The van der Waals surface area contributed by atoms with E-state index in [1.54, 1.807) is 26.0 Å². The van der Waals surface area contributed by atoms with Crippen molar-refractivity contribution < 1.29 is 14.3 Å². The first kappa shape index (κ1) is 13.2. The van der Waals surface area contributed by atoms with E-state index >= 15 is 0 Å². The molecular weight excluding hydrogens is 218 g/mol. The predicted octanol–water partition coefficient (Wildman–Crippen LogP) is 2.55. The van der Waals surface area contributed by atoms with Crippen molar-refractivity contribution in [1.82, 2.24) is 0 Å². The summed E-state index contributed by atoms with van der Waals surface area (Å²) >= 11 is 0. The number of anilines is 1. The van der Waals surface area contributed by atoms with Crippen molar-refractivity contribution in [2.24, 2.45) is 0 Å². The van der Waals surface area contributed by atoms with Crippen molar-refractivity contribution in [1.29, 1.82) is 0 Å². The minimum atomic E-state index is -0.105. The molecule has 4 nitrogen and oxygen atoms in total. The Hall–Kier alpha value is -1.84. The van der Waals surface area contributed by atoms with E-state index in [4.69, 9.17) is 4.74 Å². The summed E-state index contributed by atoms with van der Waals surface area (Å²) in [5, 5.41) is 2.76. The number of rotatable bonds is 4. The number of hydrogen-bond acceptors (Lipinski definition) is 3. The molecule has 1 N–H and O–H groups in total. The maximum atomic E-state index is 11.4. The molecule has 17 heavy (non-hydrogen) atoms. The summed E-state index contributed by atoms with van der Waals surface area (Å²) in [5.74, 6) is 0.429. The number of hydrogen-bond donors (Lipinski definition) is 1. The highest BCUT2D eigenvalue weighted by Gasteiger charge is 2.14. The third-order valence-corrected chi connectivity index (χ3v) is 2.61. The molecule has 0 aromatic heterocycles. The first-order valence-corrected chi connectivity index (χ1v) is 5.49. The molecule has 0 saturated heterocycles. The van der Waals surface area contributed by atoms with Crippen LogP contribution in [-0.2, 0) is 4.79 Å². The second kappa shape index (κ2) is 5.48. The summed E-state index contributed by atoms with van der Waals surface area (Å²) in [6, 6.07) is 3.40. The van der Waals surface area contributed by atoms with Gasteiger partial charge >= 0.3 is 0 Å². The number of nitrogens with one attached hydrogen (secondary N) is 1. The van der Waals surface area contributed by atoms with Gasteiger partial charge in [0.25, 0.3) is 0 Å². The number of amides is 1. The molecule has 0 spiro atoms. The lowest BCUT2D eigenvalue weighted by Crippen LogP contribution is -2.13. The number of ether oxygens (including phenoxy) is 1. The molecule has 0 saturated carbocycles. The van der Waals surface area contributed by atoms with Crippen LogP contribution in [-0.4, -0.2) is 18.8 Å². The average molecular weight is 235 g/mol. The molecule has 0 bridgehead atoms. The normalized spacial score (nSPS) is 9.88. The highest BCUT2D eigenvalue weighted by Crippen LogP contribution is 2.30. The molecule has 0 aliphatic heterocycles. The SMILES string of the molecule is CCC(=O)Nc1c(OC)ccc(C(C)=O)c1C. The standard InChI is InChI=1S/C13H17NO3/c1-5-12(16)14-13-8(2)10(9(3)15)6-7-11(13)17-4/h6-7H,5H2,1-4H3,(H,14,16). The van der Waals surface area contributed by atoms with Gasteiger partial charge < -0.3 is 10.1 Å². The van der Waals surface area contributed by atoms with Crippen LogP contribution in [0.2, 0.25) is 0 Å². The Morgan fingerprint density at radius 1 is 1.35 bits per heavy atom. The Morgan fingerprint density at radius 3 is 2.47 bits per heavy atom. The maximum Gasteiger partial charge on any atom is 0.224 e. The third-order valence-electron chi connectivity index (χ3n) is 2.61. The molecule has 92 valence electrons. The van der Waals surface area contributed by atoms with Crippen LogP contribution in [0.25, 0.3) is 0 Å². The first-order chi connectivity index (χ1) is 8.01. The highest BCUT2D eigenvalue weighted by molar-refractivity contribution is 6.00. The van der Waals surface area contributed by atoms with Gasteiger partial charge in [-0.1, -0.05) is 6.92 Å². The molecule has 0 unspecified atom stereocenters. The van der Waals surface area contributed by atoms with Crippen LogP contribution >= 0.6 is 0 Å². The van der Waals surface area contributed by atoms with E-state index in [2.05, 4.69) is 5.32 Å². The Bertz CT molecular complexity index is 452. The second-order valence-corrected chi connectivity index (χ2v) is 3.77. The minimum Gasteiger partial charge on any atom is -0.495 e. The van der Waals surface area contributed by atoms with Gasteiger partial charge in [0.1, 0.15) is 5.75 Å². The third kappa shape index (κ3) is 2.84. The number of Topliss-reactive ketones (excluding diaryl/α,β-unsaturated/α-hetero) is 1. The number of methoxy groups -OCH3 is 1. The molecule has 0 heterocycles. The van der Waals surface area contributed by atoms with Gasteiger partial charge in [0, 0.05) is 12.0 Å². The molecule has 0 aliphatic carbocycles. The zero-order valence-electron chi connectivity index (χ0n) is 10.6. The van der Waals surface area contributed by atoms with Crippen LogP contribution in [0.3, 0.4) is 0 Å². The molecule has 4 heteroatoms. The summed E-state index contributed by atoms with van der Waals surface area (Å²) in [6.45, 7) is 5.07. The van der Waals surface area contributed by atoms with Gasteiger partial charge in [0.15, 0.2) is 5.78 Å². The van der Waals surface area contributed by atoms with Crippen molar-refractivity contribution in [2.45, 2.75) is 27.2 Å². The molecule has 0 atom stereocenters. The fourth-order valence-electron chi connectivity index (χ4n) is 1.62. The van der Waals surface area contributed by atoms with E-state index < -0.39 is 0 Å². The van der Waals surface area contributed by atoms with E-state index in [9.17, 15) is 9.59 Å². The highest BCUT2D eigenvalue weighted by atomic mass is 16.5. The van der Waals surface area contributed by atoms with Crippen molar-refractivity contribution >= 4 is 17.4 Å². The molecule has 1 amide bonds. The Labute approximate surface area is 101 Å². The Kier molecular flexibility index (Phi) is 4.26. The molecule has 1 aromatic carbocycles. The van der Waals surface area contributed by atoms with Crippen LogP contribution in [0.5, 0.6) is 5.75 Å². The monoisotopic (exact) mass is 235 g/mol. The van der Waals surface area contributed by atoms with Gasteiger partial charge in [-0.2, -0.15) is 0 Å². The maximum absolute atomic E-state index is 11.4. The summed E-state index contributed by atoms with van der Waals surface area (Å²) in [6.07, 6.45) is 0.382. The summed E-state index contributed by atoms with van der Waals surface area (Å²) in [7, 11) is 1.53.